The number of aromatic hydroxyl groups is 1. The highest BCUT2D eigenvalue weighted by molar-refractivity contribution is 6.27. The number of aliphatic carboxylic acids is 2. The maximum Gasteiger partial charge on any atom is 0.414 e. The average molecular weight is 428 g/mol. The van der Waals surface area contributed by atoms with Gasteiger partial charge in [0.2, 0.25) is 5.91 Å². The van der Waals surface area contributed by atoms with Gasteiger partial charge in [-0.3, -0.25) is 9.69 Å². The average Bonchev–Trinajstić information content (AvgIpc) is 2.74. The Balaban J connectivity index is 0.000000501. The molecule has 0 unspecified atom stereocenters. The number of phenols is 1. The summed E-state index contributed by atoms with van der Waals surface area (Å²) in [4.78, 5) is 32.9. The minimum absolute atomic E-state index is 0.103. The van der Waals surface area contributed by atoms with Crippen LogP contribution in [0.4, 0.5) is 0 Å². The lowest BCUT2D eigenvalue weighted by molar-refractivity contribution is -0.159. The predicted octanol–water partition coefficient (Wildman–Crippen LogP) is 2.38. The van der Waals surface area contributed by atoms with Gasteiger partial charge in [-0.1, -0.05) is 42.0 Å². The summed E-state index contributed by atoms with van der Waals surface area (Å²) in [5.41, 5.74) is 3.48. The molecule has 1 saturated heterocycles. The molecule has 1 amide bonds. The van der Waals surface area contributed by atoms with Crippen molar-refractivity contribution in [3.63, 3.8) is 0 Å². The van der Waals surface area contributed by atoms with E-state index in [9.17, 15) is 9.90 Å². The fourth-order valence-corrected chi connectivity index (χ4v) is 3.31. The third-order valence-electron chi connectivity index (χ3n) is 5.05. The largest absolute Gasteiger partial charge is 0.508 e. The molecule has 4 N–H and O–H groups in total. The molecule has 8 heteroatoms. The van der Waals surface area contributed by atoms with E-state index in [1.54, 1.807) is 12.1 Å². The quantitative estimate of drug-likeness (QED) is 0.539. The maximum absolute atomic E-state index is 12.4. The number of carbonyl (C=O) groups is 3. The van der Waals surface area contributed by atoms with Crippen molar-refractivity contribution in [3.8, 4) is 5.75 Å². The van der Waals surface area contributed by atoms with Crippen LogP contribution in [0.25, 0.3) is 0 Å². The van der Waals surface area contributed by atoms with Crippen LogP contribution in [0.15, 0.2) is 48.5 Å². The molecule has 1 aliphatic rings. The van der Waals surface area contributed by atoms with Crippen LogP contribution in [-0.2, 0) is 27.5 Å². The number of nitrogens with zero attached hydrogens (tertiary/aromatic N) is 1. The number of carbonyl (C=O) groups excluding carboxylic acids is 1. The molecule has 31 heavy (non-hydrogen) atoms. The van der Waals surface area contributed by atoms with Gasteiger partial charge in [0.1, 0.15) is 5.75 Å². The Bertz CT molecular complexity index is 877. The summed E-state index contributed by atoms with van der Waals surface area (Å²) in [6.45, 7) is 5.32. The number of nitrogens with one attached hydrogen (secondary N) is 1. The van der Waals surface area contributed by atoms with E-state index in [4.69, 9.17) is 19.8 Å². The van der Waals surface area contributed by atoms with E-state index in [-0.39, 0.29) is 11.8 Å². The number of likely N-dealkylation sites (tertiary alicyclic amines) is 1. The van der Waals surface area contributed by atoms with Gasteiger partial charge in [0.25, 0.3) is 0 Å². The van der Waals surface area contributed by atoms with Crippen molar-refractivity contribution in [1.82, 2.24) is 10.2 Å². The summed E-state index contributed by atoms with van der Waals surface area (Å²) in [5, 5.41) is 27.4. The Hall–Kier alpha value is -3.39. The van der Waals surface area contributed by atoms with Gasteiger partial charge in [0.05, 0.1) is 0 Å². The summed E-state index contributed by atoms with van der Waals surface area (Å²) in [5.74, 6) is -3.07. The Labute approximate surface area is 181 Å². The van der Waals surface area contributed by atoms with Gasteiger partial charge >= 0.3 is 11.9 Å². The first-order chi connectivity index (χ1) is 14.7. The summed E-state index contributed by atoms with van der Waals surface area (Å²) >= 11 is 0. The third kappa shape index (κ3) is 8.47. The van der Waals surface area contributed by atoms with Gasteiger partial charge in [-0.05, 0) is 56.1 Å². The second-order valence-corrected chi connectivity index (χ2v) is 7.53. The van der Waals surface area contributed by atoms with Gasteiger partial charge in [-0.25, -0.2) is 9.59 Å². The molecule has 2 aromatic carbocycles. The molecule has 1 aliphatic heterocycles. The normalized spacial score (nSPS) is 14.2. The standard InChI is InChI=1S/C21H26N2O2.C2H2O4/c1-16-5-7-17(8-6-16)14-22-21(25)19-9-11-23(12-10-19)15-18-3-2-4-20(24)13-18;3-1(4)2(5)6/h2-8,13,19,24H,9-12,14-15H2,1H3,(H,22,25);(H,3,4)(H,5,6). The molecule has 3 rings (SSSR count). The molecule has 0 atom stereocenters. The van der Waals surface area contributed by atoms with E-state index in [0.717, 1.165) is 43.6 Å². The predicted molar refractivity (Wildman–Crippen MR) is 114 cm³/mol. The second kappa shape index (κ2) is 11.7. The highest BCUT2D eigenvalue weighted by atomic mass is 16.4. The zero-order chi connectivity index (χ0) is 22.8. The molecule has 166 valence electrons. The van der Waals surface area contributed by atoms with Gasteiger partial charge < -0.3 is 20.6 Å². The molecular weight excluding hydrogens is 400 g/mol. The molecule has 0 aromatic heterocycles. The minimum Gasteiger partial charge on any atom is -0.508 e. The lowest BCUT2D eigenvalue weighted by Gasteiger charge is -2.31. The van der Waals surface area contributed by atoms with Crippen molar-refractivity contribution in [2.75, 3.05) is 13.1 Å². The van der Waals surface area contributed by atoms with E-state index in [0.29, 0.717) is 12.3 Å². The molecule has 1 fully saturated rings. The number of rotatable bonds is 5. The fraction of sp³-hybridized carbons (Fsp3) is 0.348. The Morgan fingerprint density at radius 1 is 0.968 bits per heavy atom. The number of amides is 1. The molecule has 0 saturated carbocycles. The summed E-state index contributed by atoms with van der Waals surface area (Å²) in [6, 6.07) is 15.7. The van der Waals surface area contributed by atoms with Gasteiger partial charge in [-0.15, -0.1) is 0 Å². The van der Waals surface area contributed by atoms with Crippen molar-refractivity contribution >= 4 is 17.8 Å². The molecule has 0 spiro atoms. The molecule has 0 radical (unpaired) electrons. The monoisotopic (exact) mass is 428 g/mol. The van der Waals surface area contributed by atoms with Crippen LogP contribution in [0.5, 0.6) is 5.75 Å². The number of carboxylic acid groups (broad SMARTS) is 2. The number of hydrogen-bond acceptors (Lipinski definition) is 5. The molecular formula is C23H28N2O6. The van der Waals surface area contributed by atoms with Crippen LogP contribution in [-0.4, -0.2) is 51.2 Å². The van der Waals surface area contributed by atoms with E-state index >= 15 is 0 Å². The molecule has 0 bridgehead atoms. The van der Waals surface area contributed by atoms with Crippen LogP contribution < -0.4 is 5.32 Å². The number of phenolic OH excluding ortho intramolecular Hbond substituents is 1. The first kappa shape index (κ1) is 23.9. The van der Waals surface area contributed by atoms with Gasteiger partial charge in [0.15, 0.2) is 0 Å². The highest BCUT2D eigenvalue weighted by Crippen LogP contribution is 2.20. The summed E-state index contributed by atoms with van der Waals surface area (Å²) < 4.78 is 0. The second-order valence-electron chi connectivity index (χ2n) is 7.53. The van der Waals surface area contributed by atoms with Crippen LogP contribution in [0, 0.1) is 12.8 Å². The van der Waals surface area contributed by atoms with E-state index in [1.807, 2.05) is 12.1 Å². The fourth-order valence-electron chi connectivity index (χ4n) is 3.31. The number of aryl methyl sites for hydroxylation is 1. The first-order valence-electron chi connectivity index (χ1n) is 10.0. The van der Waals surface area contributed by atoms with Crippen LogP contribution >= 0.6 is 0 Å². The lowest BCUT2D eigenvalue weighted by Crippen LogP contribution is -2.40. The Morgan fingerprint density at radius 3 is 2.13 bits per heavy atom. The van der Waals surface area contributed by atoms with Crippen molar-refractivity contribution in [1.29, 1.82) is 0 Å². The zero-order valence-electron chi connectivity index (χ0n) is 17.5. The molecule has 1 heterocycles. The molecule has 8 nitrogen and oxygen atoms in total. The van der Waals surface area contributed by atoms with E-state index < -0.39 is 11.9 Å². The van der Waals surface area contributed by atoms with Crippen LogP contribution in [0.1, 0.15) is 29.5 Å². The van der Waals surface area contributed by atoms with Gasteiger partial charge in [0, 0.05) is 19.0 Å². The first-order valence-corrected chi connectivity index (χ1v) is 10.0. The number of piperidine rings is 1. The summed E-state index contributed by atoms with van der Waals surface area (Å²) in [7, 11) is 0. The Kier molecular flexibility index (Phi) is 9.02. The third-order valence-corrected chi connectivity index (χ3v) is 5.05. The van der Waals surface area contributed by atoms with Crippen LogP contribution in [0.3, 0.4) is 0 Å². The van der Waals surface area contributed by atoms with Crippen molar-refractivity contribution < 1.29 is 29.7 Å². The number of hydrogen-bond donors (Lipinski definition) is 4. The van der Waals surface area contributed by atoms with E-state index in [2.05, 4.69) is 41.4 Å². The van der Waals surface area contributed by atoms with Crippen molar-refractivity contribution in [3.05, 3.63) is 65.2 Å². The lowest BCUT2D eigenvalue weighted by atomic mass is 9.95. The van der Waals surface area contributed by atoms with Crippen LogP contribution in [0.2, 0.25) is 0 Å². The smallest absolute Gasteiger partial charge is 0.414 e. The Morgan fingerprint density at radius 2 is 1.58 bits per heavy atom. The summed E-state index contributed by atoms with van der Waals surface area (Å²) in [6.07, 6.45) is 1.77. The molecule has 0 aliphatic carbocycles. The highest BCUT2D eigenvalue weighted by Gasteiger charge is 2.24. The van der Waals surface area contributed by atoms with Crippen molar-refractivity contribution in [2.45, 2.75) is 32.9 Å². The molecule has 2 aromatic rings. The SMILES string of the molecule is Cc1ccc(CNC(=O)C2CCN(Cc3cccc(O)c3)CC2)cc1.O=C(O)C(=O)O. The van der Waals surface area contributed by atoms with E-state index in [1.165, 1.54) is 5.56 Å². The minimum atomic E-state index is -1.82. The van der Waals surface area contributed by atoms with Crippen molar-refractivity contribution in [2.24, 2.45) is 5.92 Å². The number of benzene rings is 2. The zero-order valence-corrected chi connectivity index (χ0v) is 17.5. The maximum atomic E-state index is 12.4. The van der Waals surface area contributed by atoms with Gasteiger partial charge in [-0.2, -0.15) is 0 Å². The topological polar surface area (TPSA) is 127 Å². The number of carboxylic acids is 2.